The van der Waals surface area contributed by atoms with Gasteiger partial charge in [-0.25, -0.2) is 9.59 Å². The van der Waals surface area contributed by atoms with E-state index in [1.165, 1.54) is 7.11 Å². The van der Waals surface area contributed by atoms with Crippen LogP contribution >= 0.6 is 0 Å². The summed E-state index contributed by atoms with van der Waals surface area (Å²) in [5.74, 6) is -0.572. The van der Waals surface area contributed by atoms with E-state index in [4.69, 9.17) is 0 Å². The molecule has 6 nitrogen and oxygen atoms in total. The van der Waals surface area contributed by atoms with E-state index >= 15 is 0 Å². The van der Waals surface area contributed by atoms with Crippen LogP contribution in [0.1, 0.15) is 6.42 Å². The summed E-state index contributed by atoms with van der Waals surface area (Å²) in [7, 11) is 1.20. The van der Waals surface area contributed by atoms with Crippen LogP contribution < -0.4 is 0 Å². The lowest BCUT2D eigenvalue weighted by Gasteiger charge is -2.15. The number of hydrogen-bond donors (Lipinski definition) is 0. The van der Waals surface area contributed by atoms with Crippen molar-refractivity contribution in [1.29, 1.82) is 0 Å². The van der Waals surface area contributed by atoms with Crippen LogP contribution in [0.2, 0.25) is 0 Å². The summed E-state index contributed by atoms with van der Waals surface area (Å²) in [4.78, 5) is 33.2. The average molecular weight is 187 g/mol. The number of nitrogens with zero attached hydrogens (tertiary/aromatic N) is 1. The van der Waals surface area contributed by atoms with Gasteiger partial charge in [-0.15, -0.1) is 0 Å². The maximum Gasteiger partial charge on any atom is 0.412 e. The molecule has 1 rings (SSSR count). The smallest absolute Gasteiger partial charge is 0.412 e. The van der Waals surface area contributed by atoms with Crippen LogP contribution in [0.15, 0.2) is 0 Å². The molecule has 6 heteroatoms. The molecular weight excluding hydrogens is 178 g/mol. The van der Waals surface area contributed by atoms with Crippen LogP contribution in [0.4, 0.5) is 4.79 Å². The minimum atomic E-state index is -0.829. The number of amides is 1. The molecule has 0 aliphatic carbocycles. The highest BCUT2D eigenvalue weighted by molar-refractivity contribution is 5.85. The summed E-state index contributed by atoms with van der Waals surface area (Å²) in [5.41, 5.74) is 0. The van der Waals surface area contributed by atoms with Gasteiger partial charge in [-0.3, -0.25) is 4.90 Å². The van der Waals surface area contributed by atoms with Crippen LogP contribution in [0.5, 0.6) is 0 Å². The Morgan fingerprint density at radius 2 is 2.54 bits per heavy atom. The molecule has 0 unspecified atom stereocenters. The summed E-state index contributed by atoms with van der Waals surface area (Å²) in [6.07, 6.45) is -0.168. The van der Waals surface area contributed by atoms with Crippen molar-refractivity contribution in [2.24, 2.45) is 0 Å². The van der Waals surface area contributed by atoms with Crippen molar-refractivity contribution in [1.82, 2.24) is 4.90 Å². The van der Waals surface area contributed by atoms with Crippen molar-refractivity contribution in [3.63, 3.8) is 0 Å². The minimum Gasteiger partial charge on any atom is -0.453 e. The molecule has 1 saturated heterocycles. The lowest BCUT2D eigenvalue weighted by Crippen LogP contribution is -2.38. The fourth-order valence-electron chi connectivity index (χ4n) is 1.06. The van der Waals surface area contributed by atoms with Crippen LogP contribution in [0, 0.1) is 0 Å². The topological polar surface area (TPSA) is 72.9 Å². The van der Waals surface area contributed by atoms with E-state index in [0.717, 1.165) is 4.90 Å². The summed E-state index contributed by atoms with van der Waals surface area (Å²) in [6, 6.07) is -0.829. The molecule has 0 N–H and O–H groups in total. The van der Waals surface area contributed by atoms with Crippen molar-refractivity contribution in [3.05, 3.63) is 0 Å². The Morgan fingerprint density at radius 1 is 1.85 bits per heavy atom. The molecule has 0 aromatic rings. The zero-order valence-electron chi connectivity index (χ0n) is 7.06. The van der Waals surface area contributed by atoms with Gasteiger partial charge in [-0.2, -0.15) is 0 Å². The Kier molecular flexibility index (Phi) is 2.84. The van der Waals surface area contributed by atoms with Crippen molar-refractivity contribution in [2.75, 3.05) is 13.8 Å². The lowest BCUT2D eigenvalue weighted by molar-refractivity contribution is -0.139. The quantitative estimate of drug-likeness (QED) is 0.431. The maximum absolute atomic E-state index is 11.0. The number of aldehydes is 1. The largest absolute Gasteiger partial charge is 0.453 e. The van der Waals surface area contributed by atoms with Gasteiger partial charge in [-0.05, 0) is 0 Å². The van der Waals surface area contributed by atoms with Crippen molar-refractivity contribution in [3.8, 4) is 0 Å². The van der Waals surface area contributed by atoms with Gasteiger partial charge in [0.1, 0.15) is 12.3 Å². The lowest BCUT2D eigenvalue weighted by atomic mass is 10.2. The molecule has 1 amide bonds. The second kappa shape index (κ2) is 3.88. The second-order valence-corrected chi connectivity index (χ2v) is 2.45. The maximum atomic E-state index is 11.0. The predicted molar refractivity (Wildman–Crippen MR) is 39.7 cm³/mol. The van der Waals surface area contributed by atoms with Gasteiger partial charge in [0.15, 0.2) is 6.73 Å². The van der Waals surface area contributed by atoms with E-state index in [1.54, 1.807) is 0 Å². The number of carbonyl (C=O) groups excluding carboxylic acids is 3. The molecule has 1 fully saturated rings. The summed E-state index contributed by atoms with van der Waals surface area (Å²) >= 11 is 0. The molecule has 0 spiro atoms. The molecule has 1 aliphatic heterocycles. The normalized spacial score (nSPS) is 21.2. The summed E-state index contributed by atoms with van der Waals surface area (Å²) < 4.78 is 8.98. The van der Waals surface area contributed by atoms with Gasteiger partial charge in [0.05, 0.1) is 7.11 Å². The molecule has 0 radical (unpaired) electrons. The standard InChI is InChI=1S/C7H9NO5/c1-12-7(11)8-4-13-6(10)5(8)2-3-9/h3,5H,2,4H2,1H3/t5-/m0/s1. The third-order valence-electron chi connectivity index (χ3n) is 1.72. The van der Waals surface area contributed by atoms with E-state index in [1.807, 2.05) is 0 Å². The highest BCUT2D eigenvalue weighted by Gasteiger charge is 2.37. The van der Waals surface area contributed by atoms with E-state index in [9.17, 15) is 14.4 Å². The van der Waals surface area contributed by atoms with Gasteiger partial charge in [0.2, 0.25) is 0 Å². The molecule has 0 aromatic carbocycles. The molecule has 13 heavy (non-hydrogen) atoms. The Hall–Kier alpha value is -1.59. The monoisotopic (exact) mass is 187 g/mol. The molecule has 1 aliphatic rings. The number of esters is 1. The highest BCUT2D eigenvalue weighted by Crippen LogP contribution is 2.14. The Bertz CT molecular complexity index is 239. The number of carbonyl (C=O) groups is 3. The molecular formula is C7H9NO5. The average Bonchev–Trinajstić information content (AvgIpc) is 2.48. The number of methoxy groups -OCH3 is 1. The van der Waals surface area contributed by atoms with E-state index in [2.05, 4.69) is 9.47 Å². The van der Waals surface area contributed by atoms with Crippen LogP contribution in [-0.2, 0) is 19.1 Å². The van der Waals surface area contributed by atoms with Gasteiger partial charge >= 0.3 is 12.1 Å². The number of cyclic esters (lactones) is 1. The first-order valence-electron chi connectivity index (χ1n) is 3.65. The fourth-order valence-corrected chi connectivity index (χ4v) is 1.06. The molecule has 72 valence electrons. The second-order valence-electron chi connectivity index (χ2n) is 2.45. The van der Waals surface area contributed by atoms with Crippen molar-refractivity contribution >= 4 is 18.3 Å². The van der Waals surface area contributed by atoms with Gasteiger partial charge in [-0.1, -0.05) is 0 Å². The first-order valence-corrected chi connectivity index (χ1v) is 3.65. The van der Waals surface area contributed by atoms with Gasteiger partial charge in [0, 0.05) is 6.42 Å². The minimum absolute atomic E-state index is 0.0616. The first-order chi connectivity index (χ1) is 6.20. The molecule has 0 aromatic heterocycles. The molecule has 0 bridgehead atoms. The van der Waals surface area contributed by atoms with Crippen LogP contribution in [0.25, 0.3) is 0 Å². The van der Waals surface area contributed by atoms with Gasteiger partial charge in [0.25, 0.3) is 0 Å². The van der Waals surface area contributed by atoms with Crippen molar-refractivity contribution < 1.29 is 23.9 Å². The predicted octanol–water partition coefficient (Wildman–Crippen LogP) is -0.473. The third-order valence-corrected chi connectivity index (χ3v) is 1.72. The fraction of sp³-hybridized carbons (Fsp3) is 0.571. The third kappa shape index (κ3) is 1.77. The van der Waals surface area contributed by atoms with Gasteiger partial charge < -0.3 is 14.3 Å². The summed E-state index contributed by atoms with van der Waals surface area (Å²) in [6.45, 7) is -0.149. The highest BCUT2D eigenvalue weighted by atomic mass is 16.6. The van der Waals surface area contributed by atoms with Crippen LogP contribution in [0.3, 0.4) is 0 Å². The Balaban J connectivity index is 2.68. The Morgan fingerprint density at radius 3 is 3.08 bits per heavy atom. The van der Waals surface area contributed by atoms with E-state index < -0.39 is 18.1 Å². The molecule has 1 heterocycles. The number of rotatable bonds is 2. The zero-order valence-corrected chi connectivity index (χ0v) is 7.06. The Labute approximate surface area is 74.4 Å². The summed E-state index contributed by atoms with van der Waals surface area (Å²) in [5, 5.41) is 0. The first kappa shape index (κ1) is 9.50. The number of hydrogen-bond acceptors (Lipinski definition) is 5. The molecule has 0 saturated carbocycles. The zero-order chi connectivity index (χ0) is 9.84. The van der Waals surface area contributed by atoms with Crippen LogP contribution in [-0.4, -0.2) is 43.1 Å². The van der Waals surface area contributed by atoms with Crippen molar-refractivity contribution in [2.45, 2.75) is 12.5 Å². The van der Waals surface area contributed by atoms with E-state index in [-0.39, 0.29) is 13.2 Å². The number of ether oxygens (including phenoxy) is 2. The van der Waals surface area contributed by atoms with E-state index in [0.29, 0.717) is 6.29 Å². The molecule has 1 atom stereocenters. The SMILES string of the molecule is COC(=O)N1COC(=O)[C@@H]1CC=O.